The van der Waals surface area contributed by atoms with Crippen LogP contribution in [0.4, 0.5) is 0 Å². The van der Waals surface area contributed by atoms with Gasteiger partial charge in [-0.1, -0.05) is 29.4 Å². The van der Waals surface area contributed by atoms with Crippen molar-refractivity contribution in [1.82, 2.24) is 14.9 Å². The number of hydrogen-bond donors (Lipinski definition) is 1. The predicted octanol–water partition coefficient (Wildman–Crippen LogP) is 2.88. The van der Waals surface area contributed by atoms with Crippen molar-refractivity contribution in [3.8, 4) is 17.1 Å². The monoisotopic (exact) mass is 387 g/mol. The molecule has 0 aliphatic rings. The molecule has 0 aliphatic heterocycles. The highest BCUT2D eigenvalue weighted by Crippen LogP contribution is 2.22. The van der Waals surface area contributed by atoms with Crippen LogP contribution in [-0.2, 0) is 16.4 Å². The van der Waals surface area contributed by atoms with E-state index in [2.05, 4.69) is 14.9 Å². The molecule has 3 aromatic rings. The Labute approximate surface area is 158 Å². The number of sulfonamides is 1. The number of benzene rings is 2. The van der Waals surface area contributed by atoms with Crippen molar-refractivity contribution in [3.63, 3.8) is 0 Å². The molecule has 0 aliphatic carbocycles. The van der Waals surface area contributed by atoms with Crippen molar-refractivity contribution < 1.29 is 17.7 Å². The highest BCUT2D eigenvalue weighted by atomic mass is 32.2. The molecule has 0 unspecified atom stereocenters. The molecular formula is C19H21N3O4S. The Morgan fingerprint density at radius 3 is 2.59 bits per heavy atom. The zero-order valence-electron chi connectivity index (χ0n) is 15.4. The van der Waals surface area contributed by atoms with Crippen LogP contribution in [0, 0.1) is 13.8 Å². The van der Waals surface area contributed by atoms with E-state index in [1.165, 1.54) is 6.07 Å². The summed E-state index contributed by atoms with van der Waals surface area (Å²) >= 11 is 0. The van der Waals surface area contributed by atoms with Gasteiger partial charge in [0.25, 0.3) is 0 Å². The molecule has 7 nitrogen and oxygen atoms in total. The molecule has 0 amide bonds. The van der Waals surface area contributed by atoms with Crippen LogP contribution in [0.25, 0.3) is 11.4 Å². The number of hydrogen-bond acceptors (Lipinski definition) is 6. The van der Waals surface area contributed by atoms with Gasteiger partial charge in [-0.05, 0) is 43.2 Å². The summed E-state index contributed by atoms with van der Waals surface area (Å²) in [7, 11) is -2.08. The van der Waals surface area contributed by atoms with E-state index in [9.17, 15) is 8.42 Å². The Hall–Kier alpha value is -2.71. The number of nitrogens with one attached hydrogen (secondary N) is 1. The summed E-state index contributed by atoms with van der Waals surface area (Å²) in [5.74, 6) is 1.52. The van der Waals surface area contributed by atoms with Crippen molar-refractivity contribution in [1.29, 1.82) is 0 Å². The van der Waals surface area contributed by atoms with Crippen LogP contribution in [0.15, 0.2) is 51.9 Å². The first-order valence-electron chi connectivity index (χ1n) is 8.43. The maximum atomic E-state index is 12.4. The number of ether oxygens (including phenoxy) is 1. The van der Waals surface area contributed by atoms with Gasteiger partial charge in [0.15, 0.2) is 0 Å². The highest BCUT2D eigenvalue weighted by Gasteiger charge is 2.16. The van der Waals surface area contributed by atoms with Gasteiger partial charge in [0, 0.05) is 18.5 Å². The molecule has 1 aromatic heterocycles. The molecule has 1 N–H and O–H groups in total. The standard InChI is InChI=1S/C19H21N3O4S/c1-13-6-4-5-7-16(13)19-21-18(26-22-19)10-11-20-27(23,24)15-8-9-17(25-3)14(2)12-15/h4-9,12,20H,10-11H2,1-3H3. The predicted molar refractivity (Wildman–Crippen MR) is 101 cm³/mol. The highest BCUT2D eigenvalue weighted by molar-refractivity contribution is 7.89. The van der Waals surface area contributed by atoms with E-state index >= 15 is 0 Å². The summed E-state index contributed by atoms with van der Waals surface area (Å²) in [6.45, 7) is 3.92. The quantitative estimate of drug-likeness (QED) is 0.670. The fourth-order valence-corrected chi connectivity index (χ4v) is 3.80. The SMILES string of the molecule is COc1ccc(S(=O)(=O)NCCc2nc(-c3ccccc3C)no2)cc1C. The molecular weight excluding hydrogens is 366 g/mol. The number of rotatable bonds is 7. The van der Waals surface area contributed by atoms with E-state index in [0.29, 0.717) is 23.9 Å². The second-order valence-corrected chi connectivity index (χ2v) is 7.87. The Morgan fingerprint density at radius 1 is 1.11 bits per heavy atom. The maximum absolute atomic E-state index is 12.4. The van der Waals surface area contributed by atoms with Crippen molar-refractivity contribution >= 4 is 10.0 Å². The third-order valence-electron chi connectivity index (χ3n) is 4.16. The van der Waals surface area contributed by atoms with Gasteiger partial charge < -0.3 is 9.26 Å². The van der Waals surface area contributed by atoms with Gasteiger partial charge in [-0.2, -0.15) is 4.98 Å². The third kappa shape index (κ3) is 4.35. The maximum Gasteiger partial charge on any atom is 0.240 e. The van der Waals surface area contributed by atoms with E-state index in [4.69, 9.17) is 9.26 Å². The Morgan fingerprint density at radius 2 is 1.89 bits per heavy atom. The zero-order chi connectivity index (χ0) is 19.4. The molecule has 1 heterocycles. The van der Waals surface area contributed by atoms with Crippen LogP contribution in [0.3, 0.4) is 0 Å². The van der Waals surface area contributed by atoms with E-state index in [0.717, 1.165) is 16.7 Å². The smallest absolute Gasteiger partial charge is 0.240 e. The Balaban J connectivity index is 1.64. The summed E-state index contributed by atoms with van der Waals surface area (Å²) < 4.78 is 37.8. The van der Waals surface area contributed by atoms with E-state index in [1.54, 1.807) is 26.2 Å². The first-order chi connectivity index (χ1) is 12.9. The van der Waals surface area contributed by atoms with Crippen LogP contribution in [0.1, 0.15) is 17.0 Å². The van der Waals surface area contributed by atoms with Crippen molar-refractivity contribution in [3.05, 3.63) is 59.5 Å². The Kier molecular flexibility index (Phi) is 5.57. The van der Waals surface area contributed by atoms with Gasteiger partial charge in [0.2, 0.25) is 21.7 Å². The summed E-state index contributed by atoms with van der Waals surface area (Å²) in [5.41, 5.74) is 2.68. The van der Waals surface area contributed by atoms with Crippen molar-refractivity contribution in [2.75, 3.05) is 13.7 Å². The summed E-state index contributed by atoms with van der Waals surface area (Å²) in [4.78, 5) is 4.53. The lowest BCUT2D eigenvalue weighted by Gasteiger charge is -2.09. The van der Waals surface area contributed by atoms with Crippen molar-refractivity contribution in [2.24, 2.45) is 0 Å². The fourth-order valence-electron chi connectivity index (χ4n) is 2.68. The second-order valence-electron chi connectivity index (χ2n) is 6.11. The van der Waals surface area contributed by atoms with Crippen LogP contribution in [-0.4, -0.2) is 32.2 Å². The lowest BCUT2D eigenvalue weighted by Crippen LogP contribution is -2.26. The summed E-state index contributed by atoms with van der Waals surface area (Å²) in [6, 6.07) is 12.4. The zero-order valence-corrected chi connectivity index (χ0v) is 16.2. The van der Waals surface area contributed by atoms with E-state index < -0.39 is 10.0 Å². The third-order valence-corrected chi connectivity index (χ3v) is 5.62. The second kappa shape index (κ2) is 7.89. The Bertz CT molecular complexity index is 1040. The normalized spacial score (nSPS) is 11.5. The average molecular weight is 387 g/mol. The number of aryl methyl sites for hydroxylation is 2. The first-order valence-corrected chi connectivity index (χ1v) is 9.92. The minimum Gasteiger partial charge on any atom is -0.496 e. The number of nitrogens with zero attached hydrogens (tertiary/aromatic N) is 2. The van der Waals surface area contributed by atoms with Crippen LogP contribution < -0.4 is 9.46 Å². The molecule has 27 heavy (non-hydrogen) atoms. The van der Waals surface area contributed by atoms with Crippen LogP contribution in [0.2, 0.25) is 0 Å². The summed E-state index contributed by atoms with van der Waals surface area (Å²) in [5, 5.41) is 3.97. The number of aromatic nitrogens is 2. The van der Waals surface area contributed by atoms with Crippen molar-refractivity contribution in [2.45, 2.75) is 25.2 Å². The lowest BCUT2D eigenvalue weighted by atomic mass is 10.1. The molecule has 0 saturated carbocycles. The fraction of sp³-hybridized carbons (Fsp3) is 0.263. The van der Waals surface area contributed by atoms with Gasteiger partial charge >= 0.3 is 0 Å². The van der Waals surface area contributed by atoms with Gasteiger partial charge in [-0.15, -0.1) is 0 Å². The van der Waals surface area contributed by atoms with Crippen LogP contribution in [0.5, 0.6) is 5.75 Å². The topological polar surface area (TPSA) is 94.3 Å². The van der Waals surface area contributed by atoms with Gasteiger partial charge in [-0.3, -0.25) is 0 Å². The molecule has 0 atom stereocenters. The summed E-state index contributed by atoms with van der Waals surface area (Å²) in [6.07, 6.45) is 0.299. The largest absolute Gasteiger partial charge is 0.496 e. The van der Waals surface area contributed by atoms with E-state index in [1.807, 2.05) is 31.2 Å². The molecule has 0 bridgehead atoms. The number of methoxy groups -OCH3 is 1. The van der Waals surface area contributed by atoms with Gasteiger partial charge in [0.1, 0.15) is 5.75 Å². The van der Waals surface area contributed by atoms with E-state index in [-0.39, 0.29) is 11.4 Å². The molecule has 0 saturated heterocycles. The minimum atomic E-state index is -3.63. The van der Waals surface area contributed by atoms with Gasteiger partial charge in [0.05, 0.1) is 12.0 Å². The lowest BCUT2D eigenvalue weighted by molar-refractivity contribution is 0.379. The molecule has 0 spiro atoms. The molecule has 142 valence electrons. The van der Waals surface area contributed by atoms with Gasteiger partial charge in [-0.25, -0.2) is 13.1 Å². The van der Waals surface area contributed by atoms with Crippen LogP contribution >= 0.6 is 0 Å². The molecule has 8 heteroatoms. The molecule has 3 rings (SSSR count). The first kappa shape index (κ1) is 19.1. The molecule has 2 aromatic carbocycles. The minimum absolute atomic E-state index is 0.156. The molecule has 0 radical (unpaired) electrons. The average Bonchev–Trinajstić information content (AvgIpc) is 3.10. The molecule has 0 fully saturated rings.